The molecule has 0 bridgehead atoms. The maximum absolute atomic E-state index is 12.4. The summed E-state index contributed by atoms with van der Waals surface area (Å²) in [6.45, 7) is 6.80. The molecule has 2 rings (SSSR count). The number of nitrogens with zero attached hydrogens (tertiary/aromatic N) is 2. The number of amides is 2. The molecule has 0 spiro atoms. The second-order valence-corrected chi connectivity index (χ2v) is 4.89. The largest absolute Gasteiger partial charge is 0.329 e. The van der Waals surface area contributed by atoms with E-state index in [1.165, 1.54) is 0 Å². The van der Waals surface area contributed by atoms with Crippen molar-refractivity contribution < 1.29 is 9.59 Å². The first-order valence-corrected chi connectivity index (χ1v) is 6.72. The summed E-state index contributed by atoms with van der Waals surface area (Å²) in [6, 6.07) is 7.47. The lowest BCUT2D eigenvalue weighted by Crippen LogP contribution is -2.57. The summed E-state index contributed by atoms with van der Waals surface area (Å²) in [5, 5.41) is 0. The molecule has 0 saturated carbocycles. The minimum atomic E-state index is -0.374. The van der Waals surface area contributed by atoms with Crippen molar-refractivity contribution >= 4 is 17.5 Å². The van der Waals surface area contributed by atoms with Crippen LogP contribution in [0, 0.1) is 6.92 Å². The van der Waals surface area contributed by atoms with Gasteiger partial charge in [-0.15, -0.1) is 0 Å². The van der Waals surface area contributed by atoms with Gasteiger partial charge in [0, 0.05) is 25.2 Å². The second-order valence-electron chi connectivity index (χ2n) is 4.89. The summed E-state index contributed by atoms with van der Waals surface area (Å²) in [6.07, 6.45) is 0.446. The molecule has 1 unspecified atom stereocenters. The van der Waals surface area contributed by atoms with Crippen molar-refractivity contribution in [2.75, 3.05) is 18.0 Å². The van der Waals surface area contributed by atoms with E-state index in [-0.39, 0.29) is 17.9 Å². The molecule has 19 heavy (non-hydrogen) atoms. The van der Waals surface area contributed by atoms with Crippen molar-refractivity contribution in [2.24, 2.45) is 0 Å². The summed E-state index contributed by atoms with van der Waals surface area (Å²) in [5.41, 5.74) is 2.03. The van der Waals surface area contributed by atoms with Crippen LogP contribution in [0.25, 0.3) is 0 Å². The minimum Gasteiger partial charge on any atom is -0.329 e. The molecule has 4 nitrogen and oxygen atoms in total. The van der Waals surface area contributed by atoms with Crippen molar-refractivity contribution in [3.63, 3.8) is 0 Å². The zero-order valence-corrected chi connectivity index (χ0v) is 11.7. The highest BCUT2D eigenvalue weighted by atomic mass is 16.2. The van der Waals surface area contributed by atoms with Gasteiger partial charge in [-0.2, -0.15) is 0 Å². The fourth-order valence-corrected chi connectivity index (χ4v) is 2.52. The number of benzene rings is 1. The van der Waals surface area contributed by atoms with Gasteiger partial charge in [0.1, 0.15) is 6.04 Å². The van der Waals surface area contributed by atoms with Crippen molar-refractivity contribution in [3.05, 3.63) is 29.8 Å². The molecule has 0 aliphatic carbocycles. The second kappa shape index (κ2) is 5.43. The van der Waals surface area contributed by atoms with Gasteiger partial charge in [0.25, 0.3) is 0 Å². The monoisotopic (exact) mass is 260 g/mol. The molecule has 0 radical (unpaired) electrons. The van der Waals surface area contributed by atoms with Crippen LogP contribution in [0.4, 0.5) is 5.69 Å². The summed E-state index contributed by atoms with van der Waals surface area (Å²) in [4.78, 5) is 27.7. The van der Waals surface area contributed by atoms with Crippen molar-refractivity contribution in [2.45, 2.75) is 33.2 Å². The van der Waals surface area contributed by atoms with Gasteiger partial charge in [0.15, 0.2) is 0 Å². The van der Waals surface area contributed by atoms with Crippen LogP contribution in [0.1, 0.15) is 25.8 Å². The zero-order valence-electron chi connectivity index (χ0n) is 11.7. The van der Waals surface area contributed by atoms with E-state index in [0.717, 1.165) is 11.3 Å². The number of hydrogen-bond donors (Lipinski definition) is 0. The number of aryl methyl sites for hydroxylation is 1. The van der Waals surface area contributed by atoms with E-state index >= 15 is 0 Å². The Morgan fingerprint density at radius 3 is 2.63 bits per heavy atom. The lowest BCUT2D eigenvalue weighted by Gasteiger charge is -2.39. The number of carbonyl (C=O) groups is 2. The Hall–Kier alpha value is -1.84. The molecule has 1 fully saturated rings. The van der Waals surface area contributed by atoms with Gasteiger partial charge in [-0.25, -0.2) is 0 Å². The number of hydrogen-bond acceptors (Lipinski definition) is 2. The van der Waals surface area contributed by atoms with Crippen molar-refractivity contribution in [3.8, 4) is 0 Å². The lowest BCUT2D eigenvalue weighted by atomic mass is 10.1. The standard InChI is InChI=1S/C15H20N2O2/c1-4-14(18)16-9-10-17(15(19)12(16)3)13-8-6-5-7-11(13)2/h5-8,12H,4,9-10H2,1-3H3. The summed E-state index contributed by atoms with van der Waals surface area (Å²) >= 11 is 0. The van der Waals surface area contributed by atoms with E-state index < -0.39 is 0 Å². The van der Waals surface area contributed by atoms with Gasteiger partial charge in [0.05, 0.1) is 0 Å². The van der Waals surface area contributed by atoms with E-state index in [9.17, 15) is 9.59 Å². The zero-order chi connectivity index (χ0) is 14.0. The Bertz CT molecular complexity index is 499. The molecular formula is C15H20N2O2. The quantitative estimate of drug-likeness (QED) is 0.815. The SMILES string of the molecule is CCC(=O)N1CCN(c2ccccc2C)C(=O)C1C. The summed E-state index contributed by atoms with van der Waals surface area (Å²) in [7, 11) is 0. The molecular weight excluding hydrogens is 240 g/mol. The van der Waals surface area contributed by atoms with Crippen LogP contribution in [0.15, 0.2) is 24.3 Å². The van der Waals surface area contributed by atoms with Gasteiger partial charge in [-0.1, -0.05) is 25.1 Å². The molecule has 2 amide bonds. The number of carbonyl (C=O) groups excluding carboxylic acids is 2. The van der Waals surface area contributed by atoms with Crippen LogP contribution in [0.2, 0.25) is 0 Å². The smallest absolute Gasteiger partial charge is 0.249 e. The molecule has 102 valence electrons. The average molecular weight is 260 g/mol. The number of anilines is 1. The van der Waals surface area contributed by atoms with E-state index in [2.05, 4.69) is 0 Å². The van der Waals surface area contributed by atoms with Crippen LogP contribution in [-0.2, 0) is 9.59 Å². The van der Waals surface area contributed by atoms with Crippen LogP contribution in [0.5, 0.6) is 0 Å². The van der Waals surface area contributed by atoms with Crippen LogP contribution in [0.3, 0.4) is 0 Å². The first-order valence-electron chi connectivity index (χ1n) is 6.72. The Balaban J connectivity index is 2.23. The first kappa shape index (κ1) is 13.6. The highest BCUT2D eigenvalue weighted by molar-refractivity contribution is 6.00. The molecule has 4 heteroatoms. The van der Waals surface area contributed by atoms with E-state index in [1.807, 2.05) is 38.1 Å². The third-order valence-electron chi connectivity index (χ3n) is 3.68. The molecule has 1 heterocycles. The van der Waals surface area contributed by atoms with Crippen molar-refractivity contribution in [1.29, 1.82) is 0 Å². The van der Waals surface area contributed by atoms with Gasteiger partial charge < -0.3 is 9.80 Å². The lowest BCUT2D eigenvalue weighted by molar-refractivity contribution is -0.140. The highest BCUT2D eigenvalue weighted by Gasteiger charge is 2.34. The maximum Gasteiger partial charge on any atom is 0.249 e. The number of para-hydroxylation sites is 1. The minimum absolute atomic E-state index is 0.00218. The Morgan fingerprint density at radius 2 is 2.00 bits per heavy atom. The van der Waals surface area contributed by atoms with Crippen molar-refractivity contribution in [1.82, 2.24) is 4.90 Å². The van der Waals surface area contributed by atoms with Gasteiger partial charge >= 0.3 is 0 Å². The van der Waals surface area contributed by atoms with Gasteiger partial charge in [0.2, 0.25) is 11.8 Å². The normalized spacial score (nSPS) is 19.7. The van der Waals surface area contributed by atoms with Gasteiger partial charge in [-0.05, 0) is 25.5 Å². The third-order valence-corrected chi connectivity index (χ3v) is 3.68. The van der Waals surface area contributed by atoms with E-state index in [1.54, 1.807) is 16.7 Å². The number of rotatable bonds is 2. The fourth-order valence-electron chi connectivity index (χ4n) is 2.52. The first-order chi connectivity index (χ1) is 9.06. The molecule has 1 aliphatic rings. The van der Waals surface area contributed by atoms with Crippen LogP contribution >= 0.6 is 0 Å². The molecule has 1 aromatic carbocycles. The Labute approximate surface area is 114 Å². The van der Waals surface area contributed by atoms with E-state index in [0.29, 0.717) is 19.5 Å². The molecule has 1 aliphatic heterocycles. The average Bonchev–Trinajstić information content (AvgIpc) is 2.42. The molecule has 1 atom stereocenters. The number of piperazine rings is 1. The Morgan fingerprint density at radius 1 is 1.32 bits per heavy atom. The predicted octanol–water partition coefficient (Wildman–Crippen LogP) is 1.97. The third kappa shape index (κ3) is 2.48. The summed E-state index contributed by atoms with van der Waals surface area (Å²) in [5.74, 6) is 0.0487. The van der Waals surface area contributed by atoms with Crippen LogP contribution in [-0.4, -0.2) is 35.8 Å². The molecule has 1 saturated heterocycles. The maximum atomic E-state index is 12.4. The topological polar surface area (TPSA) is 40.6 Å². The molecule has 0 N–H and O–H groups in total. The fraction of sp³-hybridized carbons (Fsp3) is 0.467. The van der Waals surface area contributed by atoms with E-state index in [4.69, 9.17) is 0 Å². The predicted molar refractivity (Wildman–Crippen MR) is 75.0 cm³/mol. The van der Waals surface area contributed by atoms with Gasteiger partial charge in [-0.3, -0.25) is 9.59 Å². The Kier molecular flexibility index (Phi) is 3.88. The molecule has 1 aromatic rings. The highest BCUT2D eigenvalue weighted by Crippen LogP contribution is 2.24. The molecule has 0 aromatic heterocycles. The summed E-state index contributed by atoms with van der Waals surface area (Å²) < 4.78 is 0. The van der Waals surface area contributed by atoms with Crippen LogP contribution < -0.4 is 4.90 Å².